The lowest BCUT2D eigenvalue weighted by Gasteiger charge is -2.41. The largest absolute Gasteiger partial charge is 0.397 e. The highest BCUT2D eigenvalue weighted by Crippen LogP contribution is 2.27. The standard InChI is InChI=1S/C64H127NO11S/c1-3-5-7-9-11-13-15-17-19-20-21-22-23-24-25-26-27-28-29-30-31-32-33-34-35-36-37-38-40-42-44-46-48-50-52-54-60(68)65-57(56-74-64-62(70)63(76-77(71,72)73)61(69)59(55-66)75-64)58(67)53-51-49-47-45-43-41-39-18-16-14-12-10-8-6-4-2/h57-59,61-64,66-67,69-70H,3-56H2,1-2H3,(H,65,68)(H,71,72,73). The predicted molar refractivity (Wildman–Crippen MR) is 320 cm³/mol. The summed E-state index contributed by atoms with van der Waals surface area (Å²) in [5.74, 6) is -0.221. The Morgan fingerprint density at radius 1 is 0.468 bits per heavy atom. The summed E-state index contributed by atoms with van der Waals surface area (Å²) in [5, 5.41) is 45.2. The Morgan fingerprint density at radius 3 is 1.04 bits per heavy atom. The van der Waals surface area contributed by atoms with Crippen LogP contribution in [0.5, 0.6) is 0 Å². The lowest BCUT2D eigenvalue weighted by atomic mass is 9.99. The molecule has 0 bridgehead atoms. The molecule has 0 radical (unpaired) electrons. The summed E-state index contributed by atoms with van der Waals surface area (Å²) in [7, 11) is -5.08. The molecule has 7 atom stereocenters. The lowest BCUT2D eigenvalue weighted by molar-refractivity contribution is -0.298. The van der Waals surface area contributed by atoms with Gasteiger partial charge in [-0.2, -0.15) is 8.42 Å². The van der Waals surface area contributed by atoms with E-state index in [4.69, 9.17) is 9.47 Å². The normalized spacial score (nSPS) is 18.8. The summed E-state index contributed by atoms with van der Waals surface area (Å²) < 4.78 is 48.0. The molecule has 0 saturated carbocycles. The van der Waals surface area contributed by atoms with Crippen molar-refractivity contribution < 1.29 is 51.8 Å². The van der Waals surface area contributed by atoms with Crippen molar-refractivity contribution in [2.24, 2.45) is 0 Å². The Hall–Kier alpha value is -0.900. The minimum Gasteiger partial charge on any atom is -0.394 e. The van der Waals surface area contributed by atoms with Crippen LogP contribution in [0.4, 0.5) is 0 Å². The summed E-state index contributed by atoms with van der Waals surface area (Å²) in [6.07, 6.45) is 57.2. The molecule has 1 aliphatic heterocycles. The molecule has 1 amide bonds. The fraction of sp³-hybridized carbons (Fsp3) is 0.984. The Morgan fingerprint density at radius 2 is 0.753 bits per heavy atom. The molecule has 0 spiro atoms. The van der Waals surface area contributed by atoms with E-state index in [1.54, 1.807) is 0 Å². The topological polar surface area (TPSA) is 192 Å². The second-order valence-corrected chi connectivity index (χ2v) is 24.8. The Balaban J connectivity index is 2.15. The fourth-order valence-corrected chi connectivity index (χ4v) is 11.8. The third kappa shape index (κ3) is 46.3. The van der Waals surface area contributed by atoms with Crippen LogP contribution >= 0.6 is 0 Å². The number of rotatable bonds is 60. The first-order valence-corrected chi connectivity index (χ1v) is 34.8. The first kappa shape index (κ1) is 74.1. The first-order valence-electron chi connectivity index (χ1n) is 33.4. The highest BCUT2D eigenvalue weighted by atomic mass is 32.3. The molecule has 1 saturated heterocycles. The van der Waals surface area contributed by atoms with Gasteiger partial charge in [0, 0.05) is 6.42 Å². The monoisotopic (exact) mass is 1120 g/mol. The van der Waals surface area contributed by atoms with E-state index in [9.17, 15) is 38.2 Å². The van der Waals surface area contributed by atoms with Gasteiger partial charge in [-0.25, -0.2) is 4.18 Å². The number of carbonyl (C=O) groups is 1. The Bertz CT molecular complexity index is 1360. The molecule has 1 heterocycles. The molecule has 0 aromatic carbocycles. The van der Waals surface area contributed by atoms with Crippen molar-refractivity contribution in [3.63, 3.8) is 0 Å². The van der Waals surface area contributed by atoms with Crippen LogP contribution in [0.1, 0.15) is 348 Å². The average molecular weight is 1120 g/mol. The van der Waals surface area contributed by atoms with Crippen LogP contribution in [-0.4, -0.2) is 95.4 Å². The van der Waals surface area contributed by atoms with E-state index in [-0.39, 0.29) is 12.5 Å². The maximum Gasteiger partial charge on any atom is 0.397 e. The van der Waals surface area contributed by atoms with Crippen molar-refractivity contribution in [2.75, 3.05) is 13.2 Å². The van der Waals surface area contributed by atoms with Gasteiger partial charge in [0.05, 0.1) is 25.4 Å². The van der Waals surface area contributed by atoms with Gasteiger partial charge in [0.1, 0.15) is 24.4 Å². The van der Waals surface area contributed by atoms with Gasteiger partial charge in [0.2, 0.25) is 5.91 Å². The number of hydrogen-bond donors (Lipinski definition) is 6. The molecule has 460 valence electrons. The quantitative estimate of drug-likeness (QED) is 0.0251. The molecule has 13 heteroatoms. The summed E-state index contributed by atoms with van der Waals surface area (Å²) in [6.45, 7) is 3.51. The number of hydrogen-bond acceptors (Lipinski definition) is 10. The molecule has 0 aromatic rings. The Kier molecular flexibility index (Phi) is 52.3. The van der Waals surface area contributed by atoms with Crippen LogP contribution in [-0.2, 0) is 28.9 Å². The van der Waals surface area contributed by atoms with Gasteiger partial charge in [0.25, 0.3) is 0 Å². The maximum absolute atomic E-state index is 13.2. The number of aliphatic hydroxyl groups is 4. The number of unbranched alkanes of at least 4 members (excludes halogenated alkanes) is 48. The first-order chi connectivity index (χ1) is 37.5. The average Bonchev–Trinajstić information content (AvgIpc) is 3.41. The van der Waals surface area contributed by atoms with E-state index < -0.39 is 59.9 Å². The van der Waals surface area contributed by atoms with E-state index in [1.807, 2.05) is 0 Å². The van der Waals surface area contributed by atoms with Gasteiger partial charge in [-0.05, 0) is 12.8 Å². The van der Waals surface area contributed by atoms with Gasteiger partial charge in [-0.15, -0.1) is 0 Å². The second kappa shape index (κ2) is 54.4. The molecule has 0 aliphatic carbocycles. The molecule has 7 unspecified atom stereocenters. The molecule has 1 rings (SSSR count). The minimum absolute atomic E-state index is 0.221. The Labute approximate surface area is 475 Å². The van der Waals surface area contributed by atoms with E-state index in [0.717, 1.165) is 51.4 Å². The molecule has 77 heavy (non-hydrogen) atoms. The van der Waals surface area contributed by atoms with Crippen molar-refractivity contribution >= 4 is 16.3 Å². The van der Waals surface area contributed by atoms with E-state index >= 15 is 0 Å². The predicted octanol–water partition coefficient (Wildman–Crippen LogP) is 16.8. The number of nitrogens with one attached hydrogen (secondary N) is 1. The summed E-state index contributed by atoms with van der Waals surface area (Å²) in [5.41, 5.74) is 0. The van der Waals surface area contributed by atoms with Crippen LogP contribution < -0.4 is 5.32 Å². The maximum atomic E-state index is 13.2. The third-order valence-corrected chi connectivity index (χ3v) is 16.9. The molecule has 12 nitrogen and oxygen atoms in total. The molecular weight excluding hydrogens is 991 g/mol. The van der Waals surface area contributed by atoms with Crippen LogP contribution in [0.15, 0.2) is 0 Å². The number of carbonyl (C=O) groups excluding carboxylic acids is 1. The molecule has 0 aromatic heterocycles. The van der Waals surface area contributed by atoms with Crippen LogP contribution in [0.3, 0.4) is 0 Å². The van der Waals surface area contributed by atoms with Crippen molar-refractivity contribution in [1.82, 2.24) is 5.32 Å². The van der Waals surface area contributed by atoms with Crippen LogP contribution in [0.2, 0.25) is 0 Å². The SMILES string of the molecule is CCCCCCCCCCCCCCCCCCCCCCCCCCCCCCCCCCCCCC(=O)NC(COC1OC(CO)C(O)C(OS(=O)(=O)O)C1O)C(O)CCCCCCCCCCCCCCCCC. The lowest BCUT2D eigenvalue weighted by Crippen LogP contribution is -2.61. The zero-order chi connectivity index (χ0) is 56.1. The zero-order valence-corrected chi connectivity index (χ0v) is 51.1. The highest BCUT2D eigenvalue weighted by Gasteiger charge is 2.48. The fourth-order valence-electron chi connectivity index (χ4n) is 11.3. The van der Waals surface area contributed by atoms with E-state index in [1.165, 1.54) is 270 Å². The van der Waals surface area contributed by atoms with Crippen molar-refractivity contribution in [3.8, 4) is 0 Å². The molecular formula is C64H127NO11S. The third-order valence-electron chi connectivity index (χ3n) is 16.4. The second-order valence-electron chi connectivity index (χ2n) is 23.8. The highest BCUT2D eigenvalue weighted by molar-refractivity contribution is 7.80. The smallest absolute Gasteiger partial charge is 0.394 e. The van der Waals surface area contributed by atoms with Gasteiger partial charge in [0.15, 0.2) is 6.29 Å². The van der Waals surface area contributed by atoms with Crippen molar-refractivity contribution in [1.29, 1.82) is 0 Å². The number of ether oxygens (including phenoxy) is 2. The van der Waals surface area contributed by atoms with Gasteiger partial charge >= 0.3 is 10.4 Å². The van der Waals surface area contributed by atoms with Crippen LogP contribution in [0.25, 0.3) is 0 Å². The van der Waals surface area contributed by atoms with E-state index in [0.29, 0.717) is 12.8 Å². The van der Waals surface area contributed by atoms with Crippen LogP contribution in [0, 0.1) is 0 Å². The van der Waals surface area contributed by atoms with E-state index in [2.05, 4.69) is 23.3 Å². The van der Waals surface area contributed by atoms with Crippen molar-refractivity contribution in [3.05, 3.63) is 0 Å². The molecule has 1 aliphatic rings. The molecule has 1 fully saturated rings. The van der Waals surface area contributed by atoms with Gasteiger partial charge in [-0.3, -0.25) is 9.35 Å². The summed E-state index contributed by atoms with van der Waals surface area (Å²) in [4.78, 5) is 13.2. The molecule has 6 N–H and O–H groups in total. The van der Waals surface area contributed by atoms with Crippen molar-refractivity contribution in [2.45, 2.75) is 391 Å². The zero-order valence-electron chi connectivity index (χ0n) is 50.3. The summed E-state index contributed by atoms with van der Waals surface area (Å²) >= 11 is 0. The van der Waals surface area contributed by atoms with Gasteiger partial charge in [-0.1, -0.05) is 328 Å². The number of aliphatic hydroxyl groups excluding tert-OH is 4. The van der Waals surface area contributed by atoms with Gasteiger partial charge < -0.3 is 35.2 Å². The summed E-state index contributed by atoms with van der Waals surface area (Å²) in [6, 6.07) is -0.853. The number of amides is 1. The minimum atomic E-state index is -5.08.